The van der Waals surface area contributed by atoms with E-state index in [1.807, 2.05) is 42.5 Å². The summed E-state index contributed by atoms with van der Waals surface area (Å²) in [5.74, 6) is 1.02. The van der Waals surface area contributed by atoms with Crippen LogP contribution in [0.1, 0.15) is 4.11 Å². The molecule has 0 amide bonds. The Kier molecular flexibility index (Phi) is 4.29. The minimum atomic E-state index is -0.191. The number of hydrogen-bond donors (Lipinski definition) is 1. The van der Waals surface area contributed by atoms with E-state index in [4.69, 9.17) is 8.85 Å². The summed E-state index contributed by atoms with van der Waals surface area (Å²) in [6.07, 6.45) is 1.28. The standard InChI is InChI=1S/C26H16N3O2.Pt/c30-23-9-5-6-17-11-14-25(28-26(17)23)31-18-12-13-20-19-7-1-2-8-21(19)29(22(20)16-18)24-10-3-4-15-27-24;/h1-15,30H;/q-1;/i3D,4D,10D;. The predicted molar refractivity (Wildman–Crippen MR) is 121 cm³/mol. The zero-order valence-corrected chi connectivity index (χ0v) is 18.7. The van der Waals surface area contributed by atoms with Crippen molar-refractivity contribution < 1.29 is 35.0 Å². The summed E-state index contributed by atoms with van der Waals surface area (Å²) in [7, 11) is 0. The Bertz CT molecular complexity index is 1750. The number of para-hydroxylation sites is 2. The summed E-state index contributed by atoms with van der Waals surface area (Å²) in [6, 6.07) is 23.0. The van der Waals surface area contributed by atoms with Crippen LogP contribution in [0.15, 0.2) is 91.1 Å². The minimum Gasteiger partial charge on any atom is -0.506 e. The summed E-state index contributed by atoms with van der Waals surface area (Å²) >= 11 is 0. The Morgan fingerprint density at radius 3 is 2.78 bits per heavy atom. The van der Waals surface area contributed by atoms with Gasteiger partial charge in [-0.1, -0.05) is 41.9 Å². The maximum absolute atomic E-state index is 10.1. The van der Waals surface area contributed by atoms with Gasteiger partial charge in [0.05, 0.1) is 4.11 Å². The van der Waals surface area contributed by atoms with Crippen LogP contribution in [-0.2, 0) is 21.1 Å². The first-order valence-corrected chi connectivity index (χ1v) is 9.66. The summed E-state index contributed by atoms with van der Waals surface area (Å²) < 4.78 is 32.1. The van der Waals surface area contributed by atoms with Gasteiger partial charge in [-0.3, -0.25) is 0 Å². The number of rotatable bonds is 3. The molecule has 158 valence electrons. The van der Waals surface area contributed by atoms with Crippen LogP contribution in [0.4, 0.5) is 0 Å². The largest absolute Gasteiger partial charge is 0.506 e. The average Bonchev–Trinajstić information content (AvgIpc) is 3.17. The van der Waals surface area contributed by atoms with Crippen molar-refractivity contribution in [2.24, 2.45) is 0 Å². The van der Waals surface area contributed by atoms with Gasteiger partial charge in [0.15, 0.2) is 0 Å². The molecule has 0 bridgehead atoms. The van der Waals surface area contributed by atoms with Crippen LogP contribution >= 0.6 is 0 Å². The summed E-state index contributed by atoms with van der Waals surface area (Å²) in [5, 5.41) is 12.8. The molecule has 0 unspecified atom stereocenters. The first-order chi connectivity index (χ1) is 16.5. The van der Waals surface area contributed by atoms with E-state index in [0.717, 1.165) is 21.7 Å². The van der Waals surface area contributed by atoms with Crippen LogP contribution in [-0.4, -0.2) is 19.6 Å². The molecular weight excluding hydrogens is 581 g/mol. The molecule has 6 rings (SSSR count). The van der Waals surface area contributed by atoms with E-state index < -0.39 is 0 Å². The molecule has 0 aliphatic rings. The van der Waals surface area contributed by atoms with E-state index in [1.165, 1.54) is 6.20 Å². The second kappa shape index (κ2) is 8.10. The van der Waals surface area contributed by atoms with Crippen molar-refractivity contribution in [2.75, 3.05) is 0 Å². The van der Waals surface area contributed by atoms with Gasteiger partial charge in [-0.2, -0.15) is 6.07 Å². The van der Waals surface area contributed by atoms with Crippen LogP contribution in [0.5, 0.6) is 17.4 Å². The molecule has 0 fully saturated rings. The molecule has 3 aromatic carbocycles. The van der Waals surface area contributed by atoms with E-state index in [2.05, 4.69) is 16.0 Å². The predicted octanol–water partition coefficient (Wildman–Crippen LogP) is 6.02. The van der Waals surface area contributed by atoms with E-state index in [0.29, 0.717) is 22.7 Å². The van der Waals surface area contributed by atoms with Gasteiger partial charge in [0.1, 0.15) is 17.1 Å². The third-order valence-electron chi connectivity index (χ3n) is 5.15. The van der Waals surface area contributed by atoms with Gasteiger partial charge in [-0.25, -0.2) is 9.97 Å². The molecule has 1 N–H and O–H groups in total. The maximum atomic E-state index is 10.1. The quantitative estimate of drug-likeness (QED) is 0.253. The molecule has 0 spiro atoms. The second-order valence-corrected chi connectivity index (χ2v) is 7.01. The molecule has 5 nitrogen and oxygen atoms in total. The van der Waals surface area contributed by atoms with E-state index in [9.17, 15) is 5.11 Å². The van der Waals surface area contributed by atoms with Gasteiger partial charge in [-0.05, 0) is 35.7 Å². The molecule has 0 aliphatic heterocycles. The third kappa shape index (κ3) is 3.31. The van der Waals surface area contributed by atoms with Crippen LogP contribution in [0, 0.1) is 6.07 Å². The number of hydrogen-bond acceptors (Lipinski definition) is 4. The molecule has 3 aromatic heterocycles. The minimum absolute atomic E-state index is 0. The first kappa shape index (κ1) is 16.9. The molecule has 3 heterocycles. The number of fused-ring (bicyclic) bond motifs is 4. The normalized spacial score (nSPS) is 12.3. The molecule has 0 atom stereocenters. The number of benzene rings is 3. The Balaban J connectivity index is 0.00000253. The van der Waals surface area contributed by atoms with Crippen molar-refractivity contribution in [3.63, 3.8) is 0 Å². The Labute approximate surface area is 202 Å². The van der Waals surface area contributed by atoms with E-state index in [1.54, 1.807) is 28.8 Å². The zero-order chi connectivity index (χ0) is 23.4. The van der Waals surface area contributed by atoms with Crippen LogP contribution < -0.4 is 4.74 Å². The number of ether oxygens (including phenoxy) is 1. The van der Waals surface area contributed by atoms with Crippen molar-refractivity contribution in [2.45, 2.75) is 0 Å². The number of nitrogens with zero attached hydrogens (tertiary/aromatic N) is 3. The zero-order valence-electron chi connectivity index (χ0n) is 19.4. The number of pyridine rings is 2. The van der Waals surface area contributed by atoms with Crippen molar-refractivity contribution in [1.29, 1.82) is 0 Å². The van der Waals surface area contributed by atoms with Gasteiger partial charge in [0.2, 0.25) is 5.88 Å². The Morgan fingerprint density at radius 1 is 0.938 bits per heavy atom. The van der Waals surface area contributed by atoms with E-state index >= 15 is 0 Å². The fourth-order valence-corrected chi connectivity index (χ4v) is 3.80. The fourth-order valence-electron chi connectivity index (χ4n) is 3.80. The number of aromatic nitrogens is 3. The number of aromatic hydroxyl groups is 1. The molecule has 6 aromatic rings. The molecule has 0 saturated heterocycles. The molecule has 0 radical (unpaired) electrons. The average molecular weight is 601 g/mol. The van der Waals surface area contributed by atoms with Crippen LogP contribution in [0.25, 0.3) is 38.5 Å². The second-order valence-electron chi connectivity index (χ2n) is 7.01. The van der Waals surface area contributed by atoms with Crippen LogP contribution in [0.2, 0.25) is 0 Å². The van der Waals surface area contributed by atoms with Crippen LogP contribution in [0.3, 0.4) is 0 Å². The monoisotopic (exact) mass is 600 g/mol. The van der Waals surface area contributed by atoms with Gasteiger partial charge >= 0.3 is 0 Å². The fraction of sp³-hybridized carbons (Fsp3) is 0. The molecule has 0 aliphatic carbocycles. The SMILES string of the molecule is [2H]c1cnc(-n2c3[c-]c(Oc4ccc5cccc(O)c5n4)ccc3c3ccccc32)c([2H])c1[2H].[Pt]. The molecule has 0 saturated carbocycles. The topological polar surface area (TPSA) is 60.2 Å². The van der Waals surface area contributed by atoms with Gasteiger partial charge < -0.3 is 14.4 Å². The van der Waals surface area contributed by atoms with Crippen molar-refractivity contribution in [3.05, 3.63) is 97.1 Å². The Morgan fingerprint density at radius 2 is 1.84 bits per heavy atom. The summed E-state index contributed by atoms with van der Waals surface area (Å²) in [4.78, 5) is 8.73. The number of phenols is 1. The number of phenolic OH excluding ortho intramolecular Hbond substituents is 1. The molecule has 6 heteroatoms. The summed E-state index contributed by atoms with van der Waals surface area (Å²) in [5.41, 5.74) is 1.87. The van der Waals surface area contributed by atoms with Gasteiger partial charge in [0, 0.05) is 50.0 Å². The molecular formula is C26H16N3O2Pt-. The van der Waals surface area contributed by atoms with Crippen molar-refractivity contribution in [3.8, 4) is 23.2 Å². The molecule has 32 heavy (non-hydrogen) atoms. The van der Waals surface area contributed by atoms with Crippen molar-refractivity contribution in [1.82, 2.24) is 14.5 Å². The summed E-state index contributed by atoms with van der Waals surface area (Å²) in [6.45, 7) is 0. The maximum Gasteiger partial charge on any atom is 0.217 e. The van der Waals surface area contributed by atoms with E-state index in [-0.39, 0.29) is 50.8 Å². The smallest absolute Gasteiger partial charge is 0.217 e. The Hall–Kier alpha value is -3.69. The third-order valence-corrected chi connectivity index (χ3v) is 5.15. The van der Waals surface area contributed by atoms with Gasteiger partial charge in [0.25, 0.3) is 0 Å². The van der Waals surface area contributed by atoms with Crippen molar-refractivity contribution >= 4 is 32.7 Å². The van der Waals surface area contributed by atoms with Gasteiger partial charge in [-0.15, -0.1) is 17.5 Å². The first-order valence-electron chi connectivity index (χ1n) is 11.2.